The molecule has 4 heteroatoms. The van der Waals surface area contributed by atoms with Gasteiger partial charge in [-0.1, -0.05) is 13.3 Å². The minimum atomic E-state index is 0.155. The van der Waals surface area contributed by atoms with Crippen LogP contribution in [0.4, 0.5) is 4.79 Å². The molecule has 2 rings (SSSR count). The van der Waals surface area contributed by atoms with Crippen LogP contribution >= 0.6 is 0 Å². The predicted molar refractivity (Wildman–Crippen MR) is 78.3 cm³/mol. The van der Waals surface area contributed by atoms with Crippen LogP contribution in [0.25, 0.3) is 0 Å². The van der Waals surface area contributed by atoms with Gasteiger partial charge in [0.25, 0.3) is 0 Å². The van der Waals surface area contributed by atoms with E-state index in [-0.39, 0.29) is 6.03 Å². The Hall–Kier alpha value is -0.770. The summed E-state index contributed by atoms with van der Waals surface area (Å²) in [6.45, 7) is 5.29. The Bertz CT molecular complexity index is 299. The molecule has 19 heavy (non-hydrogen) atoms. The summed E-state index contributed by atoms with van der Waals surface area (Å²) in [4.78, 5) is 15.5. The first kappa shape index (κ1) is 14.6. The third-order valence-electron chi connectivity index (χ3n) is 5.08. The molecule has 0 radical (unpaired) electrons. The van der Waals surface area contributed by atoms with Crippen LogP contribution in [0.3, 0.4) is 0 Å². The maximum atomic E-state index is 11.9. The Morgan fingerprint density at radius 1 is 1.32 bits per heavy atom. The van der Waals surface area contributed by atoms with E-state index in [1.54, 1.807) is 4.90 Å². The molecule has 1 heterocycles. The third-order valence-corrected chi connectivity index (χ3v) is 5.08. The van der Waals surface area contributed by atoms with Crippen LogP contribution in [0, 0.1) is 5.41 Å². The minimum Gasteiger partial charge on any atom is -0.331 e. The van der Waals surface area contributed by atoms with Gasteiger partial charge >= 0.3 is 6.03 Å². The topological polar surface area (TPSA) is 35.6 Å². The Morgan fingerprint density at radius 2 is 1.95 bits per heavy atom. The summed E-state index contributed by atoms with van der Waals surface area (Å²) in [5, 5.41) is 3.75. The van der Waals surface area contributed by atoms with Gasteiger partial charge in [-0.15, -0.1) is 0 Å². The number of hydrogen-bond acceptors (Lipinski definition) is 2. The molecule has 1 N–H and O–H groups in total. The zero-order valence-corrected chi connectivity index (χ0v) is 12.7. The molecule has 0 aromatic carbocycles. The highest BCUT2D eigenvalue weighted by Crippen LogP contribution is 2.43. The summed E-state index contributed by atoms with van der Waals surface area (Å²) in [7, 11) is 3.66. The predicted octanol–water partition coefficient (Wildman–Crippen LogP) is 2.30. The number of amides is 2. The number of nitrogens with one attached hydrogen (secondary N) is 1. The summed E-state index contributed by atoms with van der Waals surface area (Å²) in [5.74, 6) is 0. The molecule has 1 aliphatic heterocycles. The van der Waals surface area contributed by atoms with Gasteiger partial charge in [0.2, 0.25) is 0 Å². The number of nitrogens with zero attached hydrogens (tertiary/aromatic N) is 2. The molecule has 0 spiro atoms. The lowest BCUT2D eigenvalue weighted by Crippen LogP contribution is -2.50. The van der Waals surface area contributed by atoms with Crippen molar-refractivity contribution < 1.29 is 4.79 Å². The van der Waals surface area contributed by atoms with Crippen molar-refractivity contribution in [2.45, 2.75) is 51.5 Å². The Balaban J connectivity index is 1.70. The van der Waals surface area contributed by atoms with Crippen molar-refractivity contribution in [3.8, 4) is 0 Å². The highest BCUT2D eigenvalue weighted by Gasteiger charge is 2.35. The molecule has 2 aliphatic rings. The van der Waals surface area contributed by atoms with E-state index in [1.807, 2.05) is 19.0 Å². The van der Waals surface area contributed by atoms with Crippen molar-refractivity contribution in [3.05, 3.63) is 0 Å². The first-order valence-corrected chi connectivity index (χ1v) is 7.76. The van der Waals surface area contributed by atoms with Crippen molar-refractivity contribution in [1.82, 2.24) is 15.1 Å². The van der Waals surface area contributed by atoms with Gasteiger partial charge in [0.15, 0.2) is 0 Å². The van der Waals surface area contributed by atoms with Crippen LogP contribution in [0.1, 0.15) is 45.4 Å². The lowest BCUT2D eigenvalue weighted by Gasteiger charge is -2.43. The monoisotopic (exact) mass is 267 g/mol. The minimum absolute atomic E-state index is 0.155. The number of hydrogen-bond donors (Lipinski definition) is 1. The fraction of sp³-hybridized carbons (Fsp3) is 0.933. The molecule has 1 saturated heterocycles. The largest absolute Gasteiger partial charge is 0.331 e. The first-order chi connectivity index (χ1) is 9.06. The molecular formula is C15H29N3O. The van der Waals surface area contributed by atoms with Crippen LogP contribution < -0.4 is 5.32 Å². The Morgan fingerprint density at radius 3 is 2.37 bits per heavy atom. The number of piperidine rings is 1. The summed E-state index contributed by atoms with van der Waals surface area (Å²) in [6.07, 6.45) is 7.70. The van der Waals surface area contributed by atoms with Crippen LogP contribution in [0.2, 0.25) is 0 Å². The molecule has 4 nitrogen and oxygen atoms in total. The molecule has 2 fully saturated rings. The summed E-state index contributed by atoms with van der Waals surface area (Å²) >= 11 is 0. The summed E-state index contributed by atoms with van der Waals surface area (Å²) < 4.78 is 0. The van der Waals surface area contributed by atoms with E-state index >= 15 is 0 Å². The van der Waals surface area contributed by atoms with E-state index in [0.29, 0.717) is 11.5 Å². The molecule has 2 amide bonds. The van der Waals surface area contributed by atoms with Crippen LogP contribution in [0.5, 0.6) is 0 Å². The molecule has 0 aromatic rings. The molecule has 1 aliphatic carbocycles. The Kier molecular flexibility index (Phi) is 4.71. The first-order valence-electron chi connectivity index (χ1n) is 7.76. The second-order valence-corrected chi connectivity index (χ2v) is 6.53. The molecule has 110 valence electrons. The van der Waals surface area contributed by atoms with E-state index in [1.165, 1.54) is 32.2 Å². The number of urea groups is 1. The van der Waals surface area contributed by atoms with Crippen molar-refractivity contribution >= 4 is 6.03 Å². The number of rotatable bonds is 4. The van der Waals surface area contributed by atoms with Crippen molar-refractivity contribution in [2.24, 2.45) is 5.41 Å². The third kappa shape index (κ3) is 3.41. The van der Waals surface area contributed by atoms with Gasteiger partial charge in [-0.2, -0.15) is 0 Å². The number of carbonyl (C=O) groups is 1. The van der Waals surface area contributed by atoms with Gasteiger partial charge in [0.1, 0.15) is 0 Å². The maximum absolute atomic E-state index is 11.9. The molecule has 0 atom stereocenters. The second kappa shape index (κ2) is 6.12. The van der Waals surface area contributed by atoms with Crippen LogP contribution in [-0.4, -0.2) is 55.6 Å². The second-order valence-electron chi connectivity index (χ2n) is 6.53. The molecular weight excluding hydrogens is 238 g/mol. The zero-order chi connectivity index (χ0) is 13.9. The average molecular weight is 267 g/mol. The van der Waals surface area contributed by atoms with Crippen molar-refractivity contribution in [3.63, 3.8) is 0 Å². The zero-order valence-electron chi connectivity index (χ0n) is 12.7. The lowest BCUT2D eigenvalue weighted by molar-refractivity contribution is 0.108. The van der Waals surface area contributed by atoms with E-state index in [0.717, 1.165) is 25.9 Å². The maximum Gasteiger partial charge on any atom is 0.319 e. The quantitative estimate of drug-likeness (QED) is 0.848. The number of likely N-dealkylation sites (tertiary alicyclic amines) is 1. The van der Waals surface area contributed by atoms with E-state index < -0.39 is 0 Å². The fourth-order valence-corrected chi connectivity index (χ4v) is 3.25. The standard InChI is InChI=1S/C15H29N3O/c1-4-15(8-5-9-15)12-16-13-6-10-18(11-7-13)14(19)17(2)3/h13,16H,4-12H2,1-3H3. The van der Waals surface area contributed by atoms with Gasteiger partial charge in [-0.25, -0.2) is 4.79 Å². The van der Waals surface area contributed by atoms with E-state index in [2.05, 4.69) is 12.2 Å². The van der Waals surface area contributed by atoms with Gasteiger partial charge in [-0.05, 0) is 37.5 Å². The van der Waals surface area contributed by atoms with Gasteiger partial charge < -0.3 is 15.1 Å². The molecule has 0 unspecified atom stereocenters. The van der Waals surface area contributed by atoms with Gasteiger partial charge in [0.05, 0.1) is 0 Å². The molecule has 0 aromatic heterocycles. The van der Waals surface area contributed by atoms with E-state index in [9.17, 15) is 4.79 Å². The number of carbonyl (C=O) groups excluding carboxylic acids is 1. The fourth-order valence-electron chi connectivity index (χ4n) is 3.25. The molecule has 1 saturated carbocycles. The van der Waals surface area contributed by atoms with Crippen LogP contribution in [0.15, 0.2) is 0 Å². The van der Waals surface area contributed by atoms with Gasteiger partial charge in [0, 0.05) is 39.8 Å². The Labute approximate surface area is 117 Å². The SMILES string of the molecule is CCC1(CNC2CCN(C(=O)N(C)C)CC2)CCC1. The lowest BCUT2D eigenvalue weighted by atomic mass is 9.67. The highest BCUT2D eigenvalue weighted by atomic mass is 16.2. The van der Waals surface area contributed by atoms with Crippen molar-refractivity contribution in [1.29, 1.82) is 0 Å². The summed E-state index contributed by atoms with van der Waals surface area (Å²) in [6, 6.07) is 0.762. The highest BCUT2D eigenvalue weighted by molar-refractivity contribution is 5.73. The van der Waals surface area contributed by atoms with Crippen LogP contribution in [-0.2, 0) is 0 Å². The molecule has 0 bridgehead atoms. The summed E-state index contributed by atoms with van der Waals surface area (Å²) in [5.41, 5.74) is 0.594. The smallest absolute Gasteiger partial charge is 0.319 e. The van der Waals surface area contributed by atoms with Gasteiger partial charge in [-0.3, -0.25) is 0 Å². The normalized spacial score (nSPS) is 23.0. The van der Waals surface area contributed by atoms with Crippen molar-refractivity contribution in [2.75, 3.05) is 33.7 Å². The van der Waals surface area contributed by atoms with E-state index in [4.69, 9.17) is 0 Å². The average Bonchev–Trinajstić information content (AvgIpc) is 2.38.